The summed E-state index contributed by atoms with van der Waals surface area (Å²) < 4.78 is 0. The first-order chi connectivity index (χ1) is 12.9. The number of fused-ring (bicyclic) bond motifs is 1. The number of hydrogen-bond donors (Lipinski definition) is 1. The largest absolute Gasteiger partial charge is 0.281 e. The molecule has 0 amide bonds. The SMILES string of the molecule is C1=CC(c2ccccc2)(c2cscn2)Cc2[nH]nc(-c3ccccn3)c21. The van der Waals surface area contributed by atoms with Crippen molar-refractivity contribution in [3.8, 4) is 11.4 Å². The Morgan fingerprint density at radius 1 is 1.00 bits per heavy atom. The van der Waals surface area contributed by atoms with Crippen LogP contribution >= 0.6 is 11.3 Å². The predicted molar refractivity (Wildman–Crippen MR) is 104 cm³/mol. The molecule has 0 saturated carbocycles. The molecule has 1 aliphatic carbocycles. The Bertz CT molecular complexity index is 1050. The highest BCUT2D eigenvalue weighted by molar-refractivity contribution is 7.07. The minimum Gasteiger partial charge on any atom is -0.281 e. The van der Waals surface area contributed by atoms with Crippen molar-refractivity contribution in [1.29, 1.82) is 0 Å². The van der Waals surface area contributed by atoms with E-state index in [-0.39, 0.29) is 5.41 Å². The summed E-state index contributed by atoms with van der Waals surface area (Å²) in [4.78, 5) is 9.09. The van der Waals surface area contributed by atoms with Gasteiger partial charge >= 0.3 is 0 Å². The molecule has 126 valence electrons. The molecule has 0 radical (unpaired) electrons. The zero-order chi connectivity index (χ0) is 17.4. The molecule has 3 aromatic heterocycles. The quantitative estimate of drug-likeness (QED) is 0.589. The lowest BCUT2D eigenvalue weighted by molar-refractivity contribution is 0.605. The highest BCUT2D eigenvalue weighted by Crippen LogP contribution is 2.42. The van der Waals surface area contributed by atoms with Crippen LogP contribution in [-0.2, 0) is 11.8 Å². The highest BCUT2D eigenvalue weighted by atomic mass is 32.1. The van der Waals surface area contributed by atoms with Gasteiger partial charge in [0.25, 0.3) is 0 Å². The zero-order valence-corrected chi connectivity index (χ0v) is 14.8. The van der Waals surface area contributed by atoms with Crippen molar-refractivity contribution >= 4 is 17.4 Å². The lowest BCUT2D eigenvalue weighted by Gasteiger charge is -2.32. The number of aromatic amines is 1. The fraction of sp³-hybridized carbons (Fsp3) is 0.0952. The second-order valence-electron chi connectivity index (χ2n) is 6.40. The molecule has 1 aliphatic rings. The molecule has 0 fully saturated rings. The fourth-order valence-corrected chi connectivity index (χ4v) is 4.29. The van der Waals surface area contributed by atoms with Crippen LogP contribution in [0, 0.1) is 0 Å². The standard InChI is InChI=1S/C21H16N4S/c1-2-6-15(7-3-1)21(19-13-26-14-23-19)10-9-16-18(12-21)24-25-20(16)17-8-4-5-11-22-17/h1-11,13-14H,12H2,(H,24,25). The topological polar surface area (TPSA) is 54.5 Å². The predicted octanol–water partition coefficient (Wildman–Crippen LogP) is 4.48. The number of H-pyrrole nitrogens is 1. The van der Waals surface area contributed by atoms with Gasteiger partial charge in [-0.05, 0) is 17.7 Å². The van der Waals surface area contributed by atoms with E-state index in [0.29, 0.717) is 0 Å². The van der Waals surface area contributed by atoms with E-state index >= 15 is 0 Å². The second-order valence-corrected chi connectivity index (χ2v) is 7.12. The summed E-state index contributed by atoms with van der Waals surface area (Å²) in [6.07, 6.45) is 7.03. The molecule has 5 heteroatoms. The van der Waals surface area contributed by atoms with E-state index in [9.17, 15) is 0 Å². The summed E-state index contributed by atoms with van der Waals surface area (Å²) in [5, 5.41) is 9.93. The van der Waals surface area contributed by atoms with Crippen molar-refractivity contribution < 1.29 is 0 Å². The Morgan fingerprint density at radius 2 is 1.88 bits per heavy atom. The number of pyridine rings is 1. The van der Waals surface area contributed by atoms with Crippen molar-refractivity contribution in [3.05, 3.63) is 94.2 Å². The molecule has 4 aromatic rings. The van der Waals surface area contributed by atoms with Gasteiger partial charge in [0.2, 0.25) is 0 Å². The van der Waals surface area contributed by atoms with Gasteiger partial charge in [-0.1, -0.05) is 48.6 Å². The number of rotatable bonds is 3. The number of thiazole rings is 1. The van der Waals surface area contributed by atoms with Crippen LogP contribution in [0.3, 0.4) is 0 Å². The minimum absolute atomic E-state index is 0.276. The Labute approximate surface area is 155 Å². The molecular weight excluding hydrogens is 340 g/mol. The van der Waals surface area contributed by atoms with Gasteiger partial charge in [0.05, 0.1) is 22.3 Å². The van der Waals surface area contributed by atoms with Gasteiger partial charge < -0.3 is 0 Å². The average molecular weight is 356 g/mol. The van der Waals surface area contributed by atoms with E-state index in [1.54, 1.807) is 17.5 Å². The maximum absolute atomic E-state index is 4.65. The van der Waals surface area contributed by atoms with Crippen LogP contribution in [0.1, 0.15) is 22.5 Å². The molecule has 5 rings (SSSR count). The smallest absolute Gasteiger partial charge is 0.118 e. The van der Waals surface area contributed by atoms with E-state index in [4.69, 9.17) is 0 Å². The van der Waals surface area contributed by atoms with E-state index in [0.717, 1.165) is 34.8 Å². The number of allylic oxidation sites excluding steroid dienone is 1. The Morgan fingerprint density at radius 3 is 2.65 bits per heavy atom. The van der Waals surface area contributed by atoms with Crippen LogP contribution in [0.5, 0.6) is 0 Å². The fourth-order valence-electron chi connectivity index (χ4n) is 3.65. The first-order valence-corrected chi connectivity index (χ1v) is 9.43. The molecule has 4 nitrogen and oxygen atoms in total. The van der Waals surface area contributed by atoms with E-state index in [1.807, 2.05) is 29.8 Å². The van der Waals surface area contributed by atoms with Gasteiger partial charge in [0, 0.05) is 29.3 Å². The van der Waals surface area contributed by atoms with Gasteiger partial charge in [0.1, 0.15) is 5.69 Å². The third kappa shape index (κ3) is 2.32. The van der Waals surface area contributed by atoms with Crippen LogP contribution in [0.15, 0.2) is 71.7 Å². The van der Waals surface area contributed by atoms with Gasteiger partial charge in [-0.25, -0.2) is 4.98 Å². The summed E-state index contributed by atoms with van der Waals surface area (Å²) in [5.74, 6) is 0. The van der Waals surface area contributed by atoms with Crippen molar-refractivity contribution in [2.45, 2.75) is 11.8 Å². The molecule has 0 aliphatic heterocycles. The first-order valence-electron chi connectivity index (χ1n) is 8.49. The third-order valence-corrected chi connectivity index (χ3v) is 5.55. The van der Waals surface area contributed by atoms with Crippen molar-refractivity contribution in [1.82, 2.24) is 20.2 Å². The lowest BCUT2D eigenvalue weighted by Crippen LogP contribution is -2.30. The second kappa shape index (κ2) is 6.04. The molecule has 1 N–H and O–H groups in total. The summed E-state index contributed by atoms with van der Waals surface area (Å²) in [5.41, 5.74) is 7.95. The third-order valence-electron chi connectivity index (χ3n) is 4.96. The van der Waals surface area contributed by atoms with Crippen LogP contribution in [0.4, 0.5) is 0 Å². The number of nitrogens with one attached hydrogen (secondary N) is 1. The molecule has 1 atom stereocenters. The van der Waals surface area contributed by atoms with Crippen molar-refractivity contribution in [2.75, 3.05) is 0 Å². The average Bonchev–Trinajstić information content (AvgIpc) is 3.39. The molecule has 0 saturated heterocycles. The molecular formula is C21H16N4S. The number of hydrogen-bond acceptors (Lipinski definition) is 4. The van der Waals surface area contributed by atoms with E-state index in [2.05, 4.69) is 62.0 Å². The molecule has 0 spiro atoms. The maximum Gasteiger partial charge on any atom is 0.118 e. The van der Waals surface area contributed by atoms with Crippen LogP contribution in [0.2, 0.25) is 0 Å². The van der Waals surface area contributed by atoms with Crippen LogP contribution in [-0.4, -0.2) is 20.2 Å². The van der Waals surface area contributed by atoms with E-state index < -0.39 is 0 Å². The summed E-state index contributed by atoms with van der Waals surface area (Å²) in [7, 11) is 0. The van der Waals surface area contributed by atoms with Crippen molar-refractivity contribution in [2.24, 2.45) is 0 Å². The van der Waals surface area contributed by atoms with E-state index in [1.165, 1.54) is 5.56 Å². The summed E-state index contributed by atoms with van der Waals surface area (Å²) in [6.45, 7) is 0. The number of benzene rings is 1. The van der Waals surface area contributed by atoms with Crippen LogP contribution < -0.4 is 0 Å². The minimum atomic E-state index is -0.276. The monoisotopic (exact) mass is 356 g/mol. The molecule has 3 heterocycles. The Hall–Kier alpha value is -3.05. The normalized spacial score (nSPS) is 18.6. The first kappa shape index (κ1) is 15.2. The zero-order valence-electron chi connectivity index (χ0n) is 14.0. The van der Waals surface area contributed by atoms with Gasteiger partial charge in [-0.15, -0.1) is 11.3 Å². The molecule has 1 aromatic carbocycles. The summed E-state index contributed by atoms with van der Waals surface area (Å²) in [6, 6.07) is 16.4. The lowest BCUT2D eigenvalue weighted by atomic mass is 9.71. The molecule has 26 heavy (non-hydrogen) atoms. The van der Waals surface area contributed by atoms with Crippen molar-refractivity contribution in [3.63, 3.8) is 0 Å². The summed E-state index contributed by atoms with van der Waals surface area (Å²) >= 11 is 1.63. The highest BCUT2D eigenvalue weighted by Gasteiger charge is 2.38. The number of nitrogens with zero attached hydrogens (tertiary/aromatic N) is 3. The molecule has 1 unspecified atom stereocenters. The van der Waals surface area contributed by atoms with Gasteiger partial charge in [-0.3, -0.25) is 10.1 Å². The van der Waals surface area contributed by atoms with Gasteiger partial charge in [-0.2, -0.15) is 5.10 Å². The number of aromatic nitrogens is 4. The van der Waals surface area contributed by atoms with Gasteiger partial charge in [0.15, 0.2) is 0 Å². The Balaban J connectivity index is 1.65. The Kier molecular flexibility index (Phi) is 3.53. The van der Waals surface area contributed by atoms with Crippen LogP contribution in [0.25, 0.3) is 17.5 Å². The maximum atomic E-state index is 4.65. The molecule has 0 bridgehead atoms.